The molecular weight excluding hydrogens is 216 g/mol. The van der Waals surface area contributed by atoms with Crippen molar-refractivity contribution in [3.8, 4) is 0 Å². The van der Waals surface area contributed by atoms with E-state index in [9.17, 15) is 5.11 Å². The smallest absolute Gasteiger partial charge is 0.153 e. The maximum absolute atomic E-state index is 10.4. The average molecular weight is 232 g/mol. The number of nitrogens with zero attached hydrogens (tertiary/aromatic N) is 4. The monoisotopic (exact) mass is 232 g/mol. The van der Waals surface area contributed by atoms with E-state index in [1.54, 1.807) is 18.7 Å². The highest BCUT2D eigenvalue weighted by atomic mass is 16.3. The molecule has 2 aromatic heterocycles. The molecule has 0 amide bonds. The van der Waals surface area contributed by atoms with Crippen molar-refractivity contribution in [2.24, 2.45) is 0 Å². The van der Waals surface area contributed by atoms with Crippen LogP contribution >= 0.6 is 0 Å². The van der Waals surface area contributed by atoms with Gasteiger partial charge in [-0.3, -0.25) is 0 Å². The van der Waals surface area contributed by atoms with Gasteiger partial charge in [-0.25, -0.2) is 9.97 Å². The fourth-order valence-electron chi connectivity index (χ4n) is 2.15. The second-order valence-corrected chi connectivity index (χ2v) is 4.43. The summed E-state index contributed by atoms with van der Waals surface area (Å²) in [6.45, 7) is 2.85. The lowest BCUT2D eigenvalue weighted by atomic mass is 10.2. The van der Waals surface area contributed by atoms with E-state index in [4.69, 9.17) is 0 Å². The van der Waals surface area contributed by atoms with Crippen LogP contribution in [-0.2, 0) is 6.54 Å². The van der Waals surface area contributed by atoms with Crippen LogP contribution in [0.3, 0.4) is 0 Å². The van der Waals surface area contributed by atoms with E-state index in [0.29, 0.717) is 11.9 Å². The minimum absolute atomic E-state index is 0.521. The van der Waals surface area contributed by atoms with Crippen LogP contribution < -0.4 is 0 Å². The summed E-state index contributed by atoms with van der Waals surface area (Å²) in [5.41, 5.74) is 0.841. The highest BCUT2D eigenvalue weighted by Gasteiger charge is 2.29. The van der Waals surface area contributed by atoms with Crippen LogP contribution in [0.5, 0.6) is 0 Å². The minimum atomic E-state index is -0.687. The predicted molar refractivity (Wildman–Crippen MR) is 62.5 cm³/mol. The van der Waals surface area contributed by atoms with Gasteiger partial charge in [-0.15, -0.1) is 0 Å². The second-order valence-electron chi connectivity index (χ2n) is 4.43. The van der Waals surface area contributed by atoms with Gasteiger partial charge in [0.1, 0.15) is 5.82 Å². The summed E-state index contributed by atoms with van der Waals surface area (Å²) in [6, 6.07) is 0.521. The molecule has 5 nitrogen and oxygen atoms in total. The average Bonchev–Trinajstić information content (AvgIpc) is 2.92. The number of hydrogen-bond donors (Lipinski definition) is 1. The minimum Gasteiger partial charge on any atom is -0.379 e. The molecule has 90 valence electrons. The zero-order valence-electron chi connectivity index (χ0n) is 9.82. The van der Waals surface area contributed by atoms with E-state index in [1.165, 1.54) is 12.8 Å². The molecule has 1 aliphatic carbocycles. The van der Waals surface area contributed by atoms with Gasteiger partial charge < -0.3 is 14.2 Å². The van der Waals surface area contributed by atoms with Crippen molar-refractivity contribution >= 4 is 0 Å². The van der Waals surface area contributed by atoms with E-state index < -0.39 is 6.10 Å². The number of aliphatic hydroxyl groups is 1. The van der Waals surface area contributed by atoms with Gasteiger partial charge in [0.25, 0.3) is 0 Å². The molecule has 1 unspecified atom stereocenters. The fourth-order valence-corrected chi connectivity index (χ4v) is 2.15. The Morgan fingerprint density at radius 3 is 3.06 bits per heavy atom. The molecule has 5 heteroatoms. The van der Waals surface area contributed by atoms with Crippen molar-refractivity contribution in [3.63, 3.8) is 0 Å². The third-order valence-corrected chi connectivity index (χ3v) is 3.25. The molecule has 2 heterocycles. The van der Waals surface area contributed by atoms with E-state index in [-0.39, 0.29) is 0 Å². The highest BCUT2D eigenvalue weighted by Crippen LogP contribution is 2.37. The summed E-state index contributed by atoms with van der Waals surface area (Å²) >= 11 is 0. The SMILES string of the molecule is CCn1ccnc1C(O)c1cncn1C1CC1. The second kappa shape index (κ2) is 4.00. The van der Waals surface area contributed by atoms with Crippen molar-refractivity contribution in [2.45, 2.75) is 38.5 Å². The Morgan fingerprint density at radius 1 is 1.53 bits per heavy atom. The first kappa shape index (κ1) is 10.5. The molecule has 0 aromatic carbocycles. The molecule has 17 heavy (non-hydrogen) atoms. The Hall–Kier alpha value is -1.62. The van der Waals surface area contributed by atoms with Crippen LogP contribution in [0.2, 0.25) is 0 Å². The van der Waals surface area contributed by atoms with Crippen molar-refractivity contribution < 1.29 is 5.11 Å². The van der Waals surface area contributed by atoms with Crippen LogP contribution in [0.15, 0.2) is 24.9 Å². The fraction of sp³-hybridized carbons (Fsp3) is 0.500. The Labute approximate surface area is 99.7 Å². The van der Waals surface area contributed by atoms with Crippen LogP contribution in [0, 0.1) is 0 Å². The zero-order chi connectivity index (χ0) is 11.8. The summed E-state index contributed by atoms with van der Waals surface area (Å²) in [6.07, 6.45) is 8.81. The molecular formula is C12H16N4O. The molecule has 0 radical (unpaired) electrons. The first-order valence-electron chi connectivity index (χ1n) is 6.02. The summed E-state index contributed by atoms with van der Waals surface area (Å²) in [4.78, 5) is 8.37. The number of aromatic nitrogens is 4. The third kappa shape index (κ3) is 1.76. The standard InChI is InChI=1S/C12H16N4O/c1-2-15-6-5-14-12(15)11(17)10-7-13-8-16(10)9-3-4-9/h5-9,11,17H,2-4H2,1H3. The number of hydrogen-bond acceptors (Lipinski definition) is 3. The molecule has 1 saturated carbocycles. The van der Waals surface area contributed by atoms with Crippen molar-refractivity contribution in [1.82, 2.24) is 19.1 Å². The predicted octanol–water partition coefficient (Wildman–Crippen LogP) is 1.52. The van der Waals surface area contributed by atoms with Crippen LogP contribution in [0.4, 0.5) is 0 Å². The van der Waals surface area contributed by atoms with E-state index in [1.807, 2.05) is 17.7 Å². The van der Waals surface area contributed by atoms with Gasteiger partial charge >= 0.3 is 0 Å². The first-order chi connectivity index (χ1) is 8.31. The maximum atomic E-state index is 10.4. The number of rotatable bonds is 4. The van der Waals surface area contributed by atoms with E-state index in [2.05, 4.69) is 14.5 Å². The lowest BCUT2D eigenvalue weighted by Crippen LogP contribution is -2.12. The van der Waals surface area contributed by atoms with Gasteiger partial charge in [-0.2, -0.15) is 0 Å². The molecule has 1 atom stereocenters. The summed E-state index contributed by atoms with van der Waals surface area (Å²) in [5, 5.41) is 10.4. The Bertz CT molecular complexity index is 512. The summed E-state index contributed by atoms with van der Waals surface area (Å²) < 4.78 is 4.02. The molecule has 1 aliphatic rings. The highest BCUT2D eigenvalue weighted by molar-refractivity contribution is 5.15. The van der Waals surface area contributed by atoms with Crippen molar-refractivity contribution in [3.05, 3.63) is 36.4 Å². The van der Waals surface area contributed by atoms with Crippen molar-refractivity contribution in [2.75, 3.05) is 0 Å². The number of imidazole rings is 2. The molecule has 0 aliphatic heterocycles. The van der Waals surface area contributed by atoms with Gasteiger partial charge in [0.2, 0.25) is 0 Å². The normalized spacial score (nSPS) is 17.3. The molecule has 0 saturated heterocycles. The van der Waals surface area contributed by atoms with Gasteiger partial charge in [0, 0.05) is 25.0 Å². The topological polar surface area (TPSA) is 55.9 Å². The Morgan fingerprint density at radius 2 is 2.35 bits per heavy atom. The summed E-state index contributed by atoms with van der Waals surface area (Å²) in [5.74, 6) is 0.690. The van der Waals surface area contributed by atoms with E-state index in [0.717, 1.165) is 12.2 Å². The number of aliphatic hydroxyl groups excluding tert-OH is 1. The lowest BCUT2D eigenvalue weighted by Gasteiger charge is -2.14. The first-order valence-corrected chi connectivity index (χ1v) is 6.02. The van der Waals surface area contributed by atoms with Crippen LogP contribution in [0.25, 0.3) is 0 Å². The maximum Gasteiger partial charge on any atom is 0.153 e. The molecule has 3 rings (SSSR count). The van der Waals surface area contributed by atoms with Gasteiger partial charge in [-0.05, 0) is 19.8 Å². The van der Waals surface area contributed by atoms with Crippen LogP contribution in [0.1, 0.15) is 43.4 Å². The Kier molecular flexibility index (Phi) is 2.48. The quantitative estimate of drug-likeness (QED) is 0.869. The van der Waals surface area contributed by atoms with Crippen LogP contribution in [-0.4, -0.2) is 24.2 Å². The lowest BCUT2D eigenvalue weighted by molar-refractivity contribution is 0.195. The molecule has 0 spiro atoms. The zero-order valence-corrected chi connectivity index (χ0v) is 9.82. The van der Waals surface area contributed by atoms with E-state index >= 15 is 0 Å². The van der Waals surface area contributed by atoms with Gasteiger partial charge in [0.05, 0.1) is 18.2 Å². The van der Waals surface area contributed by atoms with Gasteiger partial charge in [-0.1, -0.05) is 0 Å². The molecule has 1 fully saturated rings. The molecule has 0 bridgehead atoms. The third-order valence-electron chi connectivity index (χ3n) is 3.25. The molecule has 1 N–H and O–H groups in total. The number of aryl methyl sites for hydroxylation is 1. The summed E-state index contributed by atoms with van der Waals surface area (Å²) in [7, 11) is 0. The van der Waals surface area contributed by atoms with Crippen molar-refractivity contribution in [1.29, 1.82) is 0 Å². The van der Waals surface area contributed by atoms with Gasteiger partial charge in [0.15, 0.2) is 6.10 Å². The molecule has 2 aromatic rings. The Balaban J connectivity index is 1.95. The largest absolute Gasteiger partial charge is 0.379 e.